The van der Waals surface area contributed by atoms with Crippen LogP contribution in [-0.2, 0) is 37.7 Å². The third-order valence-electron chi connectivity index (χ3n) is 11.6. The molecule has 10 heteroatoms. The number of rotatable bonds is 12. The van der Waals surface area contributed by atoms with Crippen molar-refractivity contribution in [3.8, 4) is 0 Å². The van der Waals surface area contributed by atoms with Gasteiger partial charge >= 0.3 is 0 Å². The van der Waals surface area contributed by atoms with Crippen molar-refractivity contribution in [2.75, 3.05) is 43.4 Å². The number of sulfone groups is 1. The lowest BCUT2D eigenvalue weighted by atomic mass is 9.87. The number of benzene rings is 4. The Kier molecular flexibility index (Phi) is 14.9. The third-order valence-corrected chi connectivity index (χ3v) is 14.6. The molecule has 2 heterocycles. The van der Waals surface area contributed by atoms with Gasteiger partial charge in [0.15, 0.2) is 9.84 Å². The molecule has 296 valence electrons. The molecule has 4 fully saturated rings. The standard InChI is InChI=1S/C23H29NO2S.C17H20N2.C5H9ClO2S/c25-27(26,17-20-8-4-9-20)18-21-10-5-11-22(14-21)23-12-13-24(16-23)15-19-6-2-1-3-7-19;18-17-8-4-7-15(11-17)16-9-10-19(13-16)12-14-5-2-1-3-6-14;6-9(7,8)4-5-2-1-3-5/h1-3,5-7,10-11,14,20,23H,4,8-9,12-13,15-18H2;1-8,11,16H,9-10,12-13,18H2;5H,1-4H2. The van der Waals surface area contributed by atoms with E-state index in [-0.39, 0.29) is 11.5 Å². The van der Waals surface area contributed by atoms with Crippen LogP contribution in [0.2, 0.25) is 0 Å². The first-order chi connectivity index (χ1) is 26.5. The Labute approximate surface area is 334 Å². The van der Waals surface area contributed by atoms with Crippen molar-refractivity contribution < 1.29 is 16.8 Å². The van der Waals surface area contributed by atoms with Crippen LogP contribution in [0.4, 0.5) is 5.69 Å². The highest BCUT2D eigenvalue weighted by Crippen LogP contribution is 2.32. The van der Waals surface area contributed by atoms with E-state index in [0.29, 0.717) is 29.4 Å². The molecule has 2 N–H and O–H groups in total. The smallest absolute Gasteiger partial charge is 0.232 e. The first-order valence-electron chi connectivity index (χ1n) is 20.1. The highest BCUT2D eigenvalue weighted by Gasteiger charge is 2.27. The van der Waals surface area contributed by atoms with Gasteiger partial charge in [-0.2, -0.15) is 0 Å². The van der Waals surface area contributed by atoms with Gasteiger partial charge < -0.3 is 5.73 Å². The van der Waals surface area contributed by atoms with Crippen molar-refractivity contribution >= 4 is 35.3 Å². The minimum absolute atomic E-state index is 0.175. The highest BCUT2D eigenvalue weighted by atomic mass is 35.7. The van der Waals surface area contributed by atoms with E-state index in [2.05, 4.69) is 101 Å². The topological polar surface area (TPSA) is 101 Å². The van der Waals surface area contributed by atoms with Crippen LogP contribution >= 0.6 is 10.7 Å². The van der Waals surface area contributed by atoms with Gasteiger partial charge in [-0.15, -0.1) is 0 Å². The number of nitrogens with two attached hydrogens (primary N) is 1. The number of nitrogen functional groups attached to an aromatic ring is 1. The van der Waals surface area contributed by atoms with Crippen molar-refractivity contribution in [3.05, 3.63) is 137 Å². The van der Waals surface area contributed by atoms with E-state index in [9.17, 15) is 16.8 Å². The molecule has 8 rings (SSSR count). The Bertz CT molecular complexity index is 2010. The van der Waals surface area contributed by atoms with Gasteiger partial charge in [0.2, 0.25) is 9.05 Å². The number of hydrogen-bond acceptors (Lipinski definition) is 7. The monoisotopic (exact) mass is 803 g/mol. The van der Waals surface area contributed by atoms with Gasteiger partial charge in [-0.25, -0.2) is 16.8 Å². The van der Waals surface area contributed by atoms with Crippen molar-refractivity contribution in [1.82, 2.24) is 9.80 Å². The van der Waals surface area contributed by atoms with Gasteiger partial charge in [0.1, 0.15) is 0 Å². The second-order valence-electron chi connectivity index (χ2n) is 16.2. The van der Waals surface area contributed by atoms with E-state index in [1.807, 2.05) is 18.2 Å². The maximum atomic E-state index is 12.5. The maximum Gasteiger partial charge on any atom is 0.232 e. The molecule has 2 aliphatic carbocycles. The van der Waals surface area contributed by atoms with Crippen molar-refractivity contribution in [1.29, 1.82) is 0 Å². The van der Waals surface area contributed by atoms with Crippen LogP contribution in [0, 0.1) is 11.8 Å². The van der Waals surface area contributed by atoms with Gasteiger partial charge in [0.05, 0.1) is 17.3 Å². The fourth-order valence-corrected chi connectivity index (χ4v) is 11.5. The molecule has 0 bridgehead atoms. The second-order valence-corrected chi connectivity index (χ2v) is 21.1. The van der Waals surface area contributed by atoms with Gasteiger partial charge in [-0.3, -0.25) is 9.80 Å². The lowest BCUT2D eigenvalue weighted by Crippen LogP contribution is -2.23. The summed E-state index contributed by atoms with van der Waals surface area (Å²) >= 11 is 0. The minimum atomic E-state index is -3.21. The van der Waals surface area contributed by atoms with E-state index in [1.165, 1.54) is 41.6 Å². The lowest BCUT2D eigenvalue weighted by Gasteiger charge is -2.24. The summed E-state index contributed by atoms with van der Waals surface area (Å²) in [5.41, 5.74) is 13.1. The molecule has 2 atom stereocenters. The summed E-state index contributed by atoms with van der Waals surface area (Å²) in [6.45, 7) is 6.51. The summed E-state index contributed by atoms with van der Waals surface area (Å²) in [5, 5.41) is 0. The van der Waals surface area contributed by atoms with Crippen molar-refractivity contribution in [3.63, 3.8) is 0 Å². The summed E-state index contributed by atoms with van der Waals surface area (Å²) in [5.74, 6) is 2.62. The fourth-order valence-electron chi connectivity index (χ4n) is 8.20. The summed E-state index contributed by atoms with van der Waals surface area (Å²) < 4.78 is 45.8. The molecule has 4 aromatic rings. The van der Waals surface area contributed by atoms with E-state index in [4.69, 9.17) is 16.4 Å². The Morgan fingerprint density at radius 1 is 0.564 bits per heavy atom. The Morgan fingerprint density at radius 3 is 1.49 bits per heavy atom. The first kappa shape index (κ1) is 41.4. The largest absolute Gasteiger partial charge is 0.399 e. The van der Waals surface area contributed by atoms with Crippen LogP contribution in [-0.4, -0.2) is 64.3 Å². The predicted molar refractivity (Wildman–Crippen MR) is 227 cm³/mol. The molecule has 4 aromatic carbocycles. The molecule has 2 unspecified atom stereocenters. The Morgan fingerprint density at radius 2 is 1.04 bits per heavy atom. The van der Waals surface area contributed by atoms with Gasteiger partial charge in [0, 0.05) is 42.5 Å². The molecule has 55 heavy (non-hydrogen) atoms. The van der Waals surface area contributed by atoms with Crippen LogP contribution in [0.15, 0.2) is 109 Å². The predicted octanol–water partition coefficient (Wildman–Crippen LogP) is 9.00. The molecule has 2 saturated heterocycles. The number of likely N-dealkylation sites (tertiary alicyclic amines) is 2. The van der Waals surface area contributed by atoms with Gasteiger partial charge in [-0.05, 0) is 115 Å². The molecular weight excluding hydrogens is 746 g/mol. The molecule has 2 saturated carbocycles. The summed E-state index contributed by atoms with van der Waals surface area (Å²) in [6.07, 6.45) is 8.96. The third kappa shape index (κ3) is 13.7. The summed E-state index contributed by atoms with van der Waals surface area (Å²) in [7, 11) is -1.20. The zero-order valence-electron chi connectivity index (χ0n) is 32.0. The molecule has 0 amide bonds. The van der Waals surface area contributed by atoms with Crippen LogP contribution in [0.25, 0.3) is 0 Å². The fraction of sp³-hybridized carbons (Fsp3) is 0.467. The molecule has 0 radical (unpaired) electrons. The molecular formula is C45H58ClN3O4S2. The van der Waals surface area contributed by atoms with E-state index >= 15 is 0 Å². The lowest BCUT2D eigenvalue weighted by molar-refractivity contribution is 0.327. The molecule has 7 nitrogen and oxygen atoms in total. The van der Waals surface area contributed by atoms with Gasteiger partial charge in [-0.1, -0.05) is 110 Å². The number of halogens is 1. The summed E-state index contributed by atoms with van der Waals surface area (Å²) in [4.78, 5) is 5.03. The average molecular weight is 805 g/mol. The Hall–Kier alpha value is -3.21. The second kappa shape index (κ2) is 19.8. The SMILES string of the molecule is Nc1cccc(C2CCN(Cc3ccccc3)C2)c1.O=S(=O)(Cc1cccc(C2CCN(Cc3ccccc3)C2)c1)CC1CCC1.O=S(=O)(Cl)CC1CCC1. The van der Waals surface area contributed by atoms with Crippen LogP contribution in [0.3, 0.4) is 0 Å². The van der Waals surface area contributed by atoms with E-state index in [1.54, 1.807) is 0 Å². The quantitative estimate of drug-likeness (QED) is 0.113. The number of nitrogens with zero attached hydrogens (tertiary/aromatic N) is 2. The van der Waals surface area contributed by atoms with Crippen molar-refractivity contribution in [2.24, 2.45) is 11.8 Å². The molecule has 2 aliphatic heterocycles. The number of hydrogen-bond donors (Lipinski definition) is 1. The van der Waals surface area contributed by atoms with Crippen LogP contribution in [0.1, 0.15) is 91.0 Å². The summed E-state index contributed by atoms with van der Waals surface area (Å²) in [6, 6.07) is 38.0. The zero-order valence-corrected chi connectivity index (χ0v) is 34.4. The normalized spacial score (nSPS) is 20.7. The average Bonchev–Trinajstić information content (AvgIpc) is 3.80. The van der Waals surface area contributed by atoms with Crippen LogP contribution < -0.4 is 5.73 Å². The van der Waals surface area contributed by atoms with Gasteiger partial charge in [0.25, 0.3) is 0 Å². The number of anilines is 1. The molecule has 4 aliphatic rings. The highest BCUT2D eigenvalue weighted by molar-refractivity contribution is 8.13. The minimum Gasteiger partial charge on any atom is -0.399 e. The maximum absolute atomic E-state index is 12.5. The van der Waals surface area contributed by atoms with Crippen LogP contribution in [0.5, 0.6) is 0 Å². The van der Waals surface area contributed by atoms with E-state index in [0.717, 1.165) is 82.5 Å². The zero-order chi connectivity index (χ0) is 38.7. The first-order valence-corrected chi connectivity index (χ1v) is 24.4. The Balaban J connectivity index is 0.000000159. The van der Waals surface area contributed by atoms with Crippen molar-refractivity contribution in [2.45, 2.75) is 82.0 Å². The molecule has 0 aromatic heterocycles. The van der Waals surface area contributed by atoms with E-state index < -0.39 is 18.9 Å². The molecule has 0 spiro atoms.